The van der Waals surface area contributed by atoms with E-state index in [0.717, 1.165) is 28.5 Å². The smallest absolute Gasteiger partial charge is 0.0452 e. The van der Waals surface area contributed by atoms with Crippen molar-refractivity contribution >= 4 is 34.8 Å². The van der Waals surface area contributed by atoms with Gasteiger partial charge in [-0.1, -0.05) is 29.3 Å². The molecule has 0 fully saturated rings. The van der Waals surface area contributed by atoms with Crippen LogP contribution in [0.25, 0.3) is 0 Å². The molecule has 66 valence electrons. The van der Waals surface area contributed by atoms with Crippen LogP contribution in [0.4, 0.5) is 0 Å². The second-order valence-corrected chi connectivity index (χ2v) is 3.69. The first kappa shape index (κ1) is 10.2. The van der Waals surface area contributed by atoms with Gasteiger partial charge in [0.05, 0.1) is 0 Å². The molecule has 0 saturated heterocycles. The largest absolute Gasteiger partial charge is 0.127 e. The molecular formula is C9H9Cl3. The zero-order chi connectivity index (χ0) is 8.97. The first-order valence-corrected chi connectivity index (χ1v) is 5.03. The van der Waals surface area contributed by atoms with Gasteiger partial charge in [-0.05, 0) is 30.5 Å². The van der Waals surface area contributed by atoms with Crippen LogP contribution >= 0.6 is 34.8 Å². The van der Waals surface area contributed by atoms with Crippen LogP contribution in [0.15, 0.2) is 18.2 Å². The number of halogens is 3. The maximum atomic E-state index is 5.94. The third kappa shape index (κ3) is 2.55. The van der Waals surface area contributed by atoms with E-state index in [1.807, 2.05) is 18.2 Å². The van der Waals surface area contributed by atoms with Gasteiger partial charge in [-0.3, -0.25) is 0 Å². The van der Waals surface area contributed by atoms with Gasteiger partial charge in [-0.2, -0.15) is 0 Å². The summed E-state index contributed by atoms with van der Waals surface area (Å²) in [5, 5.41) is 1.46. The molecule has 1 aromatic carbocycles. The lowest BCUT2D eigenvalue weighted by Crippen LogP contribution is -1.88. The highest BCUT2D eigenvalue weighted by Crippen LogP contribution is 2.25. The lowest BCUT2D eigenvalue weighted by atomic mass is 10.1. The van der Waals surface area contributed by atoms with Gasteiger partial charge in [-0.25, -0.2) is 0 Å². The number of alkyl halides is 1. The van der Waals surface area contributed by atoms with E-state index in [1.54, 1.807) is 0 Å². The van der Waals surface area contributed by atoms with Gasteiger partial charge >= 0.3 is 0 Å². The predicted octanol–water partition coefficient (Wildman–Crippen LogP) is 4.16. The highest BCUT2D eigenvalue weighted by molar-refractivity contribution is 6.36. The third-order valence-corrected chi connectivity index (χ3v) is 2.60. The average molecular weight is 224 g/mol. The molecule has 0 aliphatic heterocycles. The minimum absolute atomic E-state index is 0.640. The summed E-state index contributed by atoms with van der Waals surface area (Å²) < 4.78 is 0. The molecule has 0 aliphatic rings. The molecule has 12 heavy (non-hydrogen) atoms. The zero-order valence-corrected chi connectivity index (χ0v) is 8.76. The molecule has 0 unspecified atom stereocenters. The molecule has 1 rings (SSSR count). The van der Waals surface area contributed by atoms with Gasteiger partial charge in [0, 0.05) is 15.9 Å². The van der Waals surface area contributed by atoms with Gasteiger partial charge in [-0.15, -0.1) is 11.6 Å². The molecule has 0 amide bonds. The van der Waals surface area contributed by atoms with Crippen molar-refractivity contribution in [3.8, 4) is 0 Å². The van der Waals surface area contributed by atoms with Crippen LogP contribution in [0.3, 0.4) is 0 Å². The Balaban J connectivity index is 2.81. The fourth-order valence-corrected chi connectivity index (χ4v) is 1.73. The fourth-order valence-electron chi connectivity index (χ4n) is 1.01. The number of hydrogen-bond donors (Lipinski definition) is 0. The quantitative estimate of drug-likeness (QED) is 0.675. The third-order valence-electron chi connectivity index (χ3n) is 1.62. The van der Waals surface area contributed by atoms with Crippen LogP contribution in [0, 0.1) is 0 Å². The molecule has 0 aliphatic carbocycles. The van der Waals surface area contributed by atoms with Crippen molar-refractivity contribution in [1.82, 2.24) is 0 Å². The van der Waals surface area contributed by atoms with Gasteiger partial charge < -0.3 is 0 Å². The average Bonchev–Trinajstić information content (AvgIpc) is 2.04. The summed E-state index contributed by atoms with van der Waals surface area (Å²) in [7, 11) is 0. The highest BCUT2D eigenvalue weighted by atomic mass is 35.5. The van der Waals surface area contributed by atoms with Crippen molar-refractivity contribution in [2.75, 3.05) is 5.88 Å². The number of rotatable bonds is 3. The summed E-state index contributed by atoms with van der Waals surface area (Å²) in [4.78, 5) is 0. The monoisotopic (exact) mass is 222 g/mol. The number of hydrogen-bond acceptors (Lipinski definition) is 0. The fraction of sp³-hybridized carbons (Fsp3) is 0.333. The molecule has 0 saturated carbocycles. The summed E-state index contributed by atoms with van der Waals surface area (Å²) in [6.07, 6.45) is 1.76. The predicted molar refractivity (Wildman–Crippen MR) is 55.5 cm³/mol. The van der Waals surface area contributed by atoms with E-state index in [-0.39, 0.29) is 0 Å². The van der Waals surface area contributed by atoms with Crippen molar-refractivity contribution < 1.29 is 0 Å². The Bertz CT molecular complexity index is 238. The maximum absolute atomic E-state index is 5.94. The molecule has 0 spiro atoms. The lowest BCUT2D eigenvalue weighted by molar-refractivity contribution is 0.929. The molecule has 0 nitrogen and oxygen atoms in total. The van der Waals surface area contributed by atoms with Crippen molar-refractivity contribution in [2.45, 2.75) is 12.8 Å². The highest BCUT2D eigenvalue weighted by Gasteiger charge is 2.03. The van der Waals surface area contributed by atoms with Crippen LogP contribution in [-0.2, 0) is 6.42 Å². The Morgan fingerprint density at radius 3 is 2.17 bits per heavy atom. The summed E-state index contributed by atoms with van der Waals surface area (Å²) in [5.74, 6) is 0.640. The molecule has 1 aromatic rings. The van der Waals surface area contributed by atoms with E-state index in [1.165, 1.54) is 0 Å². The van der Waals surface area contributed by atoms with Crippen LogP contribution in [0.5, 0.6) is 0 Å². The SMILES string of the molecule is ClCCCc1c(Cl)cccc1Cl. The Labute approximate surface area is 87.4 Å². The van der Waals surface area contributed by atoms with Crippen LogP contribution in [0.2, 0.25) is 10.0 Å². The van der Waals surface area contributed by atoms with Crippen molar-refractivity contribution in [3.05, 3.63) is 33.8 Å². The Hall–Kier alpha value is 0.0900. The van der Waals surface area contributed by atoms with E-state index < -0.39 is 0 Å². The van der Waals surface area contributed by atoms with E-state index >= 15 is 0 Å². The summed E-state index contributed by atoms with van der Waals surface area (Å²) in [5.41, 5.74) is 1.00. The van der Waals surface area contributed by atoms with Crippen LogP contribution in [-0.4, -0.2) is 5.88 Å². The second kappa shape index (κ2) is 4.96. The van der Waals surface area contributed by atoms with E-state index in [2.05, 4.69) is 0 Å². The van der Waals surface area contributed by atoms with Crippen molar-refractivity contribution in [2.24, 2.45) is 0 Å². The van der Waals surface area contributed by atoms with Crippen LogP contribution in [0.1, 0.15) is 12.0 Å². The Morgan fingerprint density at radius 1 is 1.08 bits per heavy atom. The lowest BCUT2D eigenvalue weighted by Gasteiger charge is -2.04. The van der Waals surface area contributed by atoms with Gasteiger partial charge in [0.15, 0.2) is 0 Å². The standard InChI is InChI=1S/C9H9Cl3/c10-6-2-3-7-8(11)4-1-5-9(7)12/h1,4-5H,2-3,6H2. The van der Waals surface area contributed by atoms with E-state index in [0.29, 0.717) is 5.88 Å². The van der Waals surface area contributed by atoms with Crippen molar-refractivity contribution in [1.29, 1.82) is 0 Å². The van der Waals surface area contributed by atoms with E-state index in [4.69, 9.17) is 34.8 Å². The Morgan fingerprint density at radius 2 is 1.67 bits per heavy atom. The molecule has 0 heterocycles. The zero-order valence-electron chi connectivity index (χ0n) is 6.49. The molecule has 3 heteroatoms. The molecule has 0 N–H and O–H groups in total. The maximum Gasteiger partial charge on any atom is 0.0452 e. The molecular weight excluding hydrogens is 214 g/mol. The first-order chi connectivity index (χ1) is 5.75. The van der Waals surface area contributed by atoms with Crippen LogP contribution < -0.4 is 0 Å². The molecule has 0 atom stereocenters. The Kier molecular flexibility index (Phi) is 4.20. The minimum Gasteiger partial charge on any atom is -0.127 e. The normalized spacial score (nSPS) is 10.2. The van der Waals surface area contributed by atoms with Gasteiger partial charge in [0.25, 0.3) is 0 Å². The summed E-state index contributed by atoms with van der Waals surface area (Å²) in [6, 6.07) is 5.53. The van der Waals surface area contributed by atoms with Gasteiger partial charge in [0.1, 0.15) is 0 Å². The molecule has 0 radical (unpaired) electrons. The second-order valence-electron chi connectivity index (χ2n) is 2.49. The summed E-state index contributed by atoms with van der Waals surface area (Å²) >= 11 is 17.4. The first-order valence-electron chi connectivity index (χ1n) is 3.74. The van der Waals surface area contributed by atoms with Crippen molar-refractivity contribution in [3.63, 3.8) is 0 Å². The topological polar surface area (TPSA) is 0 Å². The minimum atomic E-state index is 0.640. The molecule has 0 aromatic heterocycles. The summed E-state index contributed by atoms with van der Waals surface area (Å²) in [6.45, 7) is 0. The van der Waals surface area contributed by atoms with E-state index in [9.17, 15) is 0 Å². The molecule has 0 bridgehead atoms. The van der Waals surface area contributed by atoms with Gasteiger partial charge in [0.2, 0.25) is 0 Å². The number of benzene rings is 1.